The molecular formula is C19H22N2O5S2. The molecule has 0 bridgehead atoms. The van der Waals surface area contributed by atoms with E-state index in [4.69, 9.17) is 0 Å². The van der Waals surface area contributed by atoms with Gasteiger partial charge in [0.05, 0.1) is 16.4 Å². The van der Waals surface area contributed by atoms with Gasteiger partial charge in [0.15, 0.2) is 9.84 Å². The Morgan fingerprint density at radius 1 is 1.11 bits per heavy atom. The Morgan fingerprint density at radius 2 is 1.86 bits per heavy atom. The van der Waals surface area contributed by atoms with E-state index in [1.54, 1.807) is 43.3 Å². The van der Waals surface area contributed by atoms with Crippen molar-refractivity contribution in [2.24, 2.45) is 0 Å². The maximum atomic E-state index is 12.7. The highest BCUT2D eigenvalue weighted by molar-refractivity contribution is 7.92. The van der Waals surface area contributed by atoms with Crippen LogP contribution in [0.25, 0.3) is 0 Å². The van der Waals surface area contributed by atoms with Crippen LogP contribution in [0.5, 0.6) is 0 Å². The van der Waals surface area contributed by atoms with E-state index in [1.807, 2.05) is 6.92 Å². The van der Waals surface area contributed by atoms with Gasteiger partial charge >= 0.3 is 0 Å². The first kappa shape index (κ1) is 20.3. The second kappa shape index (κ2) is 7.56. The van der Waals surface area contributed by atoms with Crippen molar-refractivity contribution in [2.75, 3.05) is 16.2 Å². The third-order valence-corrected chi connectivity index (χ3v) is 7.87. The van der Waals surface area contributed by atoms with E-state index >= 15 is 0 Å². The van der Waals surface area contributed by atoms with Crippen molar-refractivity contribution in [1.29, 1.82) is 0 Å². The maximum absolute atomic E-state index is 12.7. The zero-order valence-corrected chi connectivity index (χ0v) is 17.2. The Bertz CT molecular complexity index is 1120. The quantitative estimate of drug-likeness (QED) is 0.766. The number of nitrogens with one attached hydrogen (secondary N) is 2. The molecule has 1 aliphatic rings. The molecule has 150 valence electrons. The topological polar surface area (TPSA) is 109 Å². The molecule has 2 aromatic rings. The molecule has 2 N–H and O–H groups in total. The Balaban J connectivity index is 1.76. The summed E-state index contributed by atoms with van der Waals surface area (Å²) in [5.74, 6) is -0.444. The molecule has 0 unspecified atom stereocenters. The number of sulfonamides is 1. The Kier molecular flexibility index (Phi) is 5.49. The van der Waals surface area contributed by atoms with Crippen LogP contribution >= 0.6 is 0 Å². The van der Waals surface area contributed by atoms with E-state index in [-0.39, 0.29) is 27.7 Å². The lowest BCUT2D eigenvalue weighted by Crippen LogP contribution is -2.35. The van der Waals surface area contributed by atoms with E-state index in [9.17, 15) is 21.6 Å². The van der Waals surface area contributed by atoms with Crippen LogP contribution in [-0.4, -0.2) is 40.3 Å². The van der Waals surface area contributed by atoms with Crippen LogP contribution in [0.4, 0.5) is 5.69 Å². The first-order valence-corrected chi connectivity index (χ1v) is 12.1. The summed E-state index contributed by atoms with van der Waals surface area (Å²) in [6.07, 6.45) is 0.382. The fraction of sp³-hybridized carbons (Fsp3) is 0.316. The largest absolute Gasteiger partial charge is 0.348 e. The highest BCUT2D eigenvalue weighted by atomic mass is 32.2. The van der Waals surface area contributed by atoms with E-state index in [0.717, 1.165) is 5.56 Å². The van der Waals surface area contributed by atoms with Crippen molar-refractivity contribution in [2.45, 2.75) is 31.2 Å². The summed E-state index contributed by atoms with van der Waals surface area (Å²) < 4.78 is 50.9. The molecular weight excluding hydrogens is 400 g/mol. The van der Waals surface area contributed by atoms with Crippen LogP contribution < -0.4 is 10.0 Å². The lowest BCUT2D eigenvalue weighted by molar-refractivity contribution is 0.0941. The second-order valence-electron chi connectivity index (χ2n) is 7.03. The molecule has 0 radical (unpaired) electrons. The molecule has 1 heterocycles. The van der Waals surface area contributed by atoms with Crippen molar-refractivity contribution in [3.05, 3.63) is 59.2 Å². The molecule has 1 saturated heterocycles. The number of carbonyl (C=O) groups is 1. The number of anilines is 1. The van der Waals surface area contributed by atoms with Crippen LogP contribution in [0.3, 0.4) is 0 Å². The van der Waals surface area contributed by atoms with Gasteiger partial charge in [-0.15, -0.1) is 0 Å². The summed E-state index contributed by atoms with van der Waals surface area (Å²) in [6, 6.07) is 10.7. The lowest BCUT2D eigenvalue weighted by atomic mass is 10.1. The molecule has 0 aliphatic carbocycles. The molecule has 2 aromatic carbocycles. The summed E-state index contributed by atoms with van der Waals surface area (Å²) in [6.45, 7) is 3.61. The van der Waals surface area contributed by atoms with Gasteiger partial charge in [-0.3, -0.25) is 9.52 Å². The highest BCUT2D eigenvalue weighted by Crippen LogP contribution is 2.21. The SMILES string of the molecule is Cc1ccc(S(=O)(=O)Nc2cccc(C(=O)N[C@@H]3CCS(=O)(=O)C3)c2)c(C)c1. The predicted octanol–water partition coefficient (Wildman–Crippen LogP) is 2.02. The van der Waals surface area contributed by atoms with Gasteiger partial charge in [0, 0.05) is 17.3 Å². The minimum atomic E-state index is -3.80. The lowest BCUT2D eigenvalue weighted by Gasteiger charge is -2.13. The van der Waals surface area contributed by atoms with Gasteiger partial charge in [-0.25, -0.2) is 16.8 Å². The van der Waals surface area contributed by atoms with E-state index in [0.29, 0.717) is 12.0 Å². The zero-order chi connectivity index (χ0) is 20.5. The number of aryl methyl sites for hydroxylation is 2. The average Bonchev–Trinajstić information content (AvgIpc) is 2.92. The van der Waals surface area contributed by atoms with Gasteiger partial charge in [0.1, 0.15) is 0 Å². The number of carbonyl (C=O) groups excluding carboxylic acids is 1. The fourth-order valence-electron chi connectivity index (χ4n) is 3.21. The van der Waals surface area contributed by atoms with E-state index < -0.39 is 31.8 Å². The number of amides is 1. The van der Waals surface area contributed by atoms with Crippen molar-refractivity contribution in [3.63, 3.8) is 0 Å². The van der Waals surface area contributed by atoms with E-state index in [1.165, 1.54) is 6.07 Å². The van der Waals surface area contributed by atoms with Crippen LogP contribution in [-0.2, 0) is 19.9 Å². The van der Waals surface area contributed by atoms with Gasteiger partial charge in [-0.05, 0) is 50.1 Å². The van der Waals surface area contributed by atoms with Gasteiger partial charge in [0.2, 0.25) is 0 Å². The maximum Gasteiger partial charge on any atom is 0.262 e. The van der Waals surface area contributed by atoms with Crippen molar-refractivity contribution in [3.8, 4) is 0 Å². The number of hydrogen-bond donors (Lipinski definition) is 2. The van der Waals surface area contributed by atoms with Crippen molar-refractivity contribution >= 4 is 31.5 Å². The predicted molar refractivity (Wildman–Crippen MR) is 108 cm³/mol. The van der Waals surface area contributed by atoms with Gasteiger partial charge < -0.3 is 5.32 Å². The number of sulfone groups is 1. The number of hydrogen-bond acceptors (Lipinski definition) is 5. The molecule has 7 nitrogen and oxygen atoms in total. The van der Waals surface area contributed by atoms with Gasteiger partial charge in [0.25, 0.3) is 15.9 Å². The van der Waals surface area contributed by atoms with Crippen molar-refractivity contribution < 1.29 is 21.6 Å². The molecule has 3 rings (SSSR count). The van der Waals surface area contributed by atoms with Crippen LogP contribution in [0.2, 0.25) is 0 Å². The number of rotatable bonds is 5. The molecule has 1 atom stereocenters. The summed E-state index contributed by atoms with van der Waals surface area (Å²) >= 11 is 0. The highest BCUT2D eigenvalue weighted by Gasteiger charge is 2.29. The Labute approximate surface area is 165 Å². The van der Waals surface area contributed by atoms with E-state index in [2.05, 4.69) is 10.0 Å². The molecule has 0 saturated carbocycles. The Morgan fingerprint density at radius 3 is 2.50 bits per heavy atom. The Hall–Kier alpha value is -2.39. The van der Waals surface area contributed by atoms with Gasteiger partial charge in [-0.1, -0.05) is 23.8 Å². The normalized spacial score (nSPS) is 18.6. The minimum absolute atomic E-state index is 0.0632. The molecule has 9 heteroatoms. The van der Waals surface area contributed by atoms with Crippen LogP contribution in [0.1, 0.15) is 27.9 Å². The molecule has 1 amide bonds. The standard InChI is InChI=1S/C19H22N2O5S2/c1-13-6-7-18(14(2)10-13)28(25,26)21-16-5-3-4-15(11-16)19(22)20-17-8-9-27(23,24)12-17/h3-7,10-11,17,21H,8-9,12H2,1-2H3,(H,20,22)/t17-/m1/s1. The summed E-state index contributed by atoms with van der Waals surface area (Å²) in [5, 5.41) is 2.69. The summed E-state index contributed by atoms with van der Waals surface area (Å²) in [4.78, 5) is 12.6. The molecule has 28 heavy (non-hydrogen) atoms. The molecule has 0 aromatic heterocycles. The molecule has 1 fully saturated rings. The number of benzene rings is 2. The smallest absolute Gasteiger partial charge is 0.262 e. The summed E-state index contributed by atoms with van der Waals surface area (Å²) in [5.41, 5.74) is 2.10. The van der Waals surface area contributed by atoms with Crippen molar-refractivity contribution in [1.82, 2.24) is 5.32 Å². The third-order valence-electron chi connectivity index (χ3n) is 4.56. The first-order chi connectivity index (χ1) is 13.1. The monoisotopic (exact) mass is 422 g/mol. The third kappa shape index (κ3) is 4.71. The van der Waals surface area contributed by atoms with Crippen LogP contribution in [0, 0.1) is 13.8 Å². The first-order valence-electron chi connectivity index (χ1n) is 8.77. The minimum Gasteiger partial charge on any atom is -0.348 e. The van der Waals surface area contributed by atoms with Gasteiger partial charge in [-0.2, -0.15) is 0 Å². The average molecular weight is 423 g/mol. The fourth-order valence-corrected chi connectivity index (χ4v) is 6.16. The second-order valence-corrected chi connectivity index (χ2v) is 10.9. The zero-order valence-electron chi connectivity index (χ0n) is 15.6. The molecule has 1 aliphatic heterocycles. The summed E-state index contributed by atoms with van der Waals surface area (Å²) in [7, 11) is -6.90. The molecule has 0 spiro atoms. The van der Waals surface area contributed by atoms with Crippen LogP contribution in [0.15, 0.2) is 47.4 Å².